The number of aromatic carboxylic acids is 1. The van der Waals surface area contributed by atoms with Crippen molar-refractivity contribution in [3.8, 4) is 0 Å². The quantitative estimate of drug-likeness (QED) is 0.563. The lowest BCUT2D eigenvalue weighted by Crippen LogP contribution is -2.58. The molecule has 3 aromatic rings. The van der Waals surface area contributed by atoms with Crippen molar-refractivity contribution in [2.75, 3.05) is 6.54 Å². The van der Waals surface area contributed by atoms with Gasteiger partial charge in [-0.15, -0.1) is 0 Å². The van der Waals surface area contributed by atoms with Crippen LogP contribution in [0.4, 0.5) is 0 Å². The minimum absolute atomic E-state index is 0.346. The molecule has 2 heterocycles. The summed E-state index contributed by atoms with van der Waals surface area (Å²) in [7, 11) is 0. The molecule has 4 heteroatoms. The number of likely N-dealkylation sites (tertiary alicyclic amines) is 1. The third-order valence-corrected chi connectivity index (χ3v) is 7.52. The third-order valence-electron chi connectivity index (χ3n) is 7.52. The summed E-state index contributed by atoms with van der Waals surface area (Å²) in [6.45, 7) is 6.47. The fraction of sp³-hybridized carbons (Fsp3) is 0.423. The Kier molecular flexibility index (Phi) is 4.70. The van der Waals surface area contributed by atoms with Gasteiger partial charge in [0, 0.05) is 41.6 Å². The van der Waals surface area contributed by atoms with E-state index in [1.54, 1.807) is 12.1 Å². The van der Waals surface area contributed by atoms with Crippen molar-refractivity contribution < 1.29 is 9.90 Å². The fourth-order valence-electron chi connectivity index (χ4n) is 6.12. The minimum Gasteiger partial charge on any atom is -0.478 e. The molecular formula is C26H30N2O2. The van der Waals surface area contributed by atoms with Gasteiger partial charge in [0.05, 0.1) is 5.56 Å². The molecular weight excluding hydrogens is 372 g/mol. The van der Waals surface area contributed by atoms with E-state index in [4.69, 9.17) is 0 Å². The van der Waals surface area contributed by atoms with Crippen molar-refractivity contribution in [2.45, 2.75) is 58.5 Å². The molecule has 2 aromatic carbocycles. The molecule has 2 N–H and O–H groups in total. The van der Waals surface area contributed by atoms with Gasteiger partial charge in [0.25, 0.3) is 0 Å². The SMILES string of the molecule is Cc1cc(C)c2[nH]ccc2c1CN1CC2(CCCCC2)C1c1ccc(C(=O)O)cc1. The van der Waals surface area contributed by atoms with E-state index in [9.17, 15) is 9.90 Å². The molecule has 1 aromatic heterocycles. The number of aryl methyl sites for hydroxylation is 2. The summed E-state index contributed by atoms with van der Waals surface area (Å²) >= 11 is 0. The summed E-state index contributed by atoms with van der Waals surface area (Å²) in [5.74, 6) is -0.857. The number of nitrogens with one attached hydrogen (secondary N) is 1. The van der Waals surface area contributed by atoms with Crippen LogP contribution in [0, 0.1) is 19.3 Å². The largest absolute Gasteiger partial charge is 0.478 e. The maximum Gasteiger partial charge on any atom is 0.335 e. The number of nitrogens with zero attached hydrogens (tertiary/aromatic N) is 1. The van der Waals surface area contributed by atoms with Crippen molar-refractivity contribution in [1.29, 1.82) is 0 Å². The summed E-state index contributed by atoms with van der Waals surface area (Å²) in [6, 6.07) is 12.5. The van der Waals surface area contributed by atoms with Crippen molar-refractivity contribution in [3.05, 3.63) is 70.4 Å². The first-order valence-corrected chi connectivity index (χ1v) is 11.1. The maximum atomic E-state index is 11.3. The summed E-state index contributed by atoms with van der Waals surface area (Å²) in [5, 5.41) is 10.6. The highest BCUT2D eigenvalue weighted by atomic mass is 16.4. The Labute approximate surface area is 177 Å². The number of hydrogen-bond acceptors (Lipinski definition) is 2. The Morgan fingerprint density at radius 1 is 1.10 bits per heavy atom. The molecule has 5 rings (SSSR count). The van der Waals surface area contributed by atoms with Gasteiger partial charge in [-0.2, -0.15) is 0 Å². The number of rotatable bonds is 4. The molecule has 4 nitrogen and oxygen atoms in total. The van der Waals surface area contributed by atoms with Crippen LogP contribution in [-0.2, 0) is 6.54 Å². The molecule has 156 valence electrons. The molecule has 0 bridgehead atoms. The lowest BCUT2D eigenvalue weighted by atomic mass is 9.60. The smallest absolute Gasteiger partial charge is 0.335 e. The molecule has 1 spiro atoms. The van der Waals surface area contributed by atoms with Crippen LogP contribution in [0.25, 0.3) is 10.9 Å². The Bertz CT molecular complexity index is 1090. The zero-order valence-electron chi connectivity index (χ0n) is 17.9. The van der Waals surface area contributed by atoms with E-state index >= 15 is 0 Å². The highest BCUT2D eigenvalue weighted by Gasteiger charge is 2.52. The molecule has 0 amide bonds. The Balaban J connectivity index is 1.50. The van der Waals surface area contributed by atoms with Gasteiger partial charge in [0.15, 0.2) is 0 Å². The van der Waals surface area contributed by atoms with Crippen LogP contribution in [0.3, 0.4) is 0 Å². The van der Waals surface area contributed by atoms with E-state index in [2.05, 4.69) is 35.9 Å². The van der Waals surface area contributed by atoms with Crippen molar-refractivity contribution in [3.63, 3.8) is 0 Å². The number of H-pyrrole nitrogens is 1. The zero-order valence-corrected chi connectivity index (χ0v) is 17.9. The zero-order chi connectivity index (χ0) is 20.9. The number of carboxylic acids is 1. The first kappa shape index (κ1) is 19.4. The van der Waals surface area contributed by atoms with Crippen LogP contribution >= 0.6 is 0 Å². The molecule has 1 aliphatic heterocycles. The van der Waals surface area contributed by atoms with Crippen LogP contribution in [0.2, 0.25) is 0 Å². The van der Waals surface area contributed by atoms with E-state index in [-0.39, 0.29) is 0 Å². The molecule has 1 aliphatic carbocycles. The van der Waals surface area contributed by atoms with E-state index < -0.39 is 5.97 Å². The topological polar surface area (TPSA) is 56.3 Å². The van der Waals surface area contributed by atoms with Crippen molar-refractivity contribution in [2.24, 2.45) is 5.41 Å². The molecule has 30 heavy (non-hydrogen) atoms. The molecule has 1 saturated carbocycles. The summed E-state index contributed by atoms with van der Waals surface area (Å²) in [6.07, 6.45) is 8.56. The Hall–Kier alpha value is -2.59. The summed E-state index contributed by atoms with van der Waals surface area (Å²) in [5.41, 5.74) is 7.28. The monoisotopic (exact) mass is 402 g/mol. The molecule has 2 aliphatic rings. The minimum atomic E-state index is -0.857. The molecule has 0 radical (unpaired) electrons. The standard InChI is InChI=1S/C26H30N2O2/c1-17-14-18(2)23-21(10-13-27-23)22(17)15-28-16-26(11-4-3-5-12-26)24(28)19-6-8-20(9-7-19)25(29)30/h6-10,13-14,24,27H,3-5,11-12,15-16H2,1-2H3,(H,29,30). The van der Waals surface area contributed by atoms with E-state index in [0.717, 1.165) is 13.1 Å². The van der Waals surface area contributed by atoms with Crippen molar-refractivity contribution >= 4 is 16.9 Å². The van der Waals surface area contributed by atoms with E-state index in [1.807, 2.05) is 18.3 Å². The highest BCUT2D eigenvalue weighted by molar-refractivity contribution is 5.88. The van der Waals surface area contributed by atoms with Gasteiger partial charge >= 0.3 is 5.97 Å². The first-order valence-electron chi connectivity index (χ1n) is 11.1. The van der Waals surface area contributed by atoms with Crippen molar-refractivity contribution in [1.82, 2.24) is 9.88 Å². The maximum absolute atomic E-state index is 11.3. The molecule has 1 unspecified atom stereocenters. The Morgan fingerprint density at radius 3 is 2.53 bits per heavy atom. The van der Waals surface area contributed by atoms with Gasteiger partial charge < -0.3 is 10.1 Å². The van der Waals surface area contributed by atoms with Gasteiger partial charge in [-0.05, 0) is 67.1 Å². The second kappa shape index (κ2) is 7.28. The van der Waals surface area contributed by atoms with E-state index in [1.165, 1.54) is 65.3 Å². The average molecular weight is 403 g/mol. The first-order chi connectivity index (χ1) is 14.5. The number of carbonyl (C=O) groups is 1. The number of hydrogen-bond donors (Lipinski definition) is 2. The normalized spacial score (nSPS) is 21.1. The molecule has 1 atom stereocenters. The lowest BCUT2D eigenvalue weighted by molar-refractivity contribution is -0.106. The summed E-state index contributed by atoms with van der Waals surface area (Å²) in [4.78, 5) is 17.3. The van der Waals surface area contributed by atoms with Gasteiger partial charge in [0.1, 0.15) is 0 Å². The average Bonchev–Trinajstić information content (AvgIpc) is 3.21. The fourth-order valence-corrected chi connectivity index (χ4v) is 6.12. The lowest BCUT2D eigenvalue weighted by Gasteiger charge is -2.60. The van der Waals surface area contributed by atoms with Gasteiger partial charge in [0.2, 0.25) is 0 Å². The number of fused-ring (bicyclic) bond motifs is 1. The van der Waals surface area contributed by atoms with Gasteiger partial charge in [-0.25, -0.2) is 4.79 Å². The molecule has 1 saturated heterocycles. The van der Waals surface area contributed by atoms with Crippen LogP contribution in [0.1, 0.15) is 70.8 Å². The second-order valence-corrected chi connectivity index (χ2v) is 9.41. The molecule has 2 fully saturated rings. The van der Waals surface area contributed by atoms with Crippen LogP contribution in [0.5, 0.6) is 0 Å². The number of aromatic nitrogens is 1. The Morgan fingerprint density at radius 2 is 1.83 bits per heavy atom. The number of aromatic amines is 1. The van der Waals surface area contributed by atoms with E-state index in [0.29, 0.717) is 17.0 Å². The summed E-state index contributed by atoms with van der Waals surface area (Å²) < 4.78 is 0. The van der Waals surface area contributed by atoms with Gasteiger partial charge in [-0.1, -0.05) is 37.5 Å². The predicted molar refractivity (Wildman–Crippen MR) is 120 cm³/mol. The van der Waals surface area contributed by atoms with Crippen LogP contribution in [0.15, 0.2) is 42.6 Å². The third kappa shape index (κ3) is 3.05. The predicted octanol–water partition coefficient (Wildman–Crippen LogP) is 5.99. The highest BCUT2D eigenvalue weighted by Crippen LogP contribution is 2.57. The van der Waals surface area contributed by atoms with Crippen LogP contribution < -0.4 is 0 Å². The van der Waals surface area contributed by atoms with Crippen LogP contribution in [-0.4, -0.2) is 27.5 Å². The number of benzene rings is 2. The number of carboxylic acid groups (broad SMARTS) is 1. The second-order valence-electron chi connectivity index (χ2n) is 9.41. The van der Waals surface area contributed by atoms with Gasteiger partial charge in [-0.3, -0.25) is 4.90 Å².